The molecule has 0 unspecified atom stereocenters. The van der Waals surface area contributed by atoms with E-state index in [1.54, 1.807) is 28.7 Å². The molecular weight excluding hydrogens is 380 g/mol. The van der Waals surface area contributed by atoms with Crippen LogP contribution in [-0.4, -0.2) is 51.3 Å². The fourth-order valence-corrected chi connectivity index (χ4v) is 5.24. The summed E-state index contributed by atoms with van der Waals surface area (Å²) in [6.07, 6.45) is 4.50. The fourth-order valence-electron chi connectivity index (χ4n) is 3.55. The van der Waals surface area contributed by atoms with Gasteiger partial charge in [-0.1, -0.05) is 0 Å². The first kappa shape index (κ1) is 20.5. The predicted octanol–water partition coefficient (Wildman–Crippen LogP) is 1.78. The van der Waals surface area contributed by atoms with Gasteiger partial charge in [0.15, 0.2) is 0 Å². The molecule has 1 aliphatic heterocycles. The van der Waals surface area contributed by atoms with Crippen LogP contribution in [0.1, 0.15) is 38.1 Å². The van der Waals surface area contributed by atoms with Crippen molar-refractivity contribution in [1.29, 1.82) is 0 Å². The number of aryl methyl sites for hydroxylation is 3. The highest BCUT2D eigenvalue weighted by Crippen LogP contribution is 2.26. The maximum atomic E-state index is 13.1. The van der Waals surface area contributed by atoms with Gasteiger partial charge in [0.25, 0.3) is 0 Å². The highest BCUT2D eigenvalue weighted by atomic mass is 32.2. The van der Waals surface area contributed by atoms with Gasteiger partial charge in [-0.05, 0) is 40.5 Å². The van der Waals surface area contributed by atoms with Gasteiger partial charge in [-0.3, -0.25) is 14.2 Å². The number of carbonyl (C=O) groups excluding carboxylic acids is 1. The molecule has 0 bridgehead atoms. The standard InChI is InChI=1S/C18H28N6O3S/c1-5-22-12-17(13(3)21-22)28(26,27)23-9-7-8-15(11-23)18(25)20-16-10-19-24(6-2)14(16)4/h10,12,15H,5-9,11H2,1-4H3,(H,20,25)/t15-/m1/s1. The summed E-state index contributed by atoms with van der Waals surface area (Å²) >= 11 is 0. The van der Waals surface area contributed by atoms with Crippen LogP contribution in [0.5, 0.6) is 0 Å². The molecule has 9 nitrogen and oxygen atoms in total. The number of carbonyl (C=O) groups is 1. The number of hydrogen-bond acceptors (Lipinski definition) is 5. The molecule has 0 aliphatic carbocycles. The van der Waals surface area contributed by atoms with Crippen LogP contribution in [0, 0.1) is 19.8 Å². The van der Waals surface area contributed by atoms with Crippen molar-refractivity contribution in [2.75, 3.05) is 18.4 Å². The molecule has 1 saturated heterocycles. The Morgan fingerprint density at radius 1 is 1.29 bits per heavy atom. The average molecular weight is 409 g/mol. The van der Waals surface area contributed by atoms with E-state index in [0.717, 1.165) is 12.2 Å². The van der Waals surface area contributed by atoms with Crippen LogP contribution in [0.25, 0.3) is 0 Å². The highest BCUT2D eigenvalue weighted by Gasteiger charge is 2.35. The summed E-state index contributed by atoms with van der Waals surface area (Å²) in [4.78, 5) is 13.0. The van der Waals surface area contributed by atoms with E-state index in [9.17, 15) is 13.2 Å². The molecule has 2 aromatic rings. The number of rotatable bonds is 6. The van der Waals surface area contributed by atoms with Crippen molar-refractivity contribution in [2.24, 2.45) is 5.92 Å². The Morgan fingerprint density at radius 2 is 2.04 bits per heavy atom. The molecule has 0 spiro atoms. The van der Waals surface area contributed by atoms with Gasteiger partial charge in [0.1, 0.15) is 4.90 Å². The molecule has 0 aromatic carbocycles. The monoisotopic (exact) mass is 408 g/mol. The van der Waals surface area contributed by atoms with Crippen LogP contribution in [0.15, 0.2) is 17.3 Å². The first-order valence-electron chi connectivity index (χ1n) is 9.65. The Labute approximate surface area is 165 Å². The van der Waals surface area contributed by atoms with E-state index < -0.39 is 15.9 Å². The number of hydrogen-bond donors (Lipinski definition) is 1. The van der Waals surface area contributed by atoms with Crippen LogP contribution >= 0.6 is 0 Å². The molecule has 1 amide bonds. The summed E-state index contributed by atoms with van der Waals surface area (Å²) in [5, 5.41) is 11.4. The van der Waals surface area contributed by atoms with Gasteiger partial charge in [0, 0.05) is 32.4 Å². The van der Waals surface area contributed by atoms with Gasteiger partial charge in [-0.25, -0.2) is 8.42 Å². The Bertz CT molecular complexity index is 962. The molecule has 3 rings (SSSR count). The Morgan fingerprint density at radius 3 is 2.64 bits per heavy atom. The molecule has 1 fully saturated rings. The minimum Gasteiger partial charge on any atom is -0.323 e. The maximum absolute atomic E-state index is 13.1. The Balaban J connectivity index is 1.74. The second-order valence-corrected chi connectivity index (χ2v) is 8.99. The number of nitrogens with one attached hydrogen (secondary N) is 1. The van der Waals surface area contributed by atoms with Crippen LogP contribution in [0.3, 0.4) is 0 Å². The summed E-state index contributed by atoms with van der Waals surface area (Å²) in [7, 11) is -3.68. The fraction of sp³-hybridized carbons (Fsp3) is 0.611. The number of nitrogens with zero attached hydrogens (tertiary/aromatic N) is 5. The van der Waals surface area contributed by atoms with Crippen LogP contribution in [0.2, 0.25) is 0 Å². The lowest BCUT2D eigenvalue weighted by atomic mass is 9.99. The summed E-state index contributed by atoms with van der Waals surface area (Å²) in [6, 6.07) is 0. The average Bonchev–Trinajstić information content (AvgIpc) is 3.24. The molecule has 2 aromatic heterocycles. The second kappa shape index (κ2) is 8.04. The second-order valence-electron chi connectivity index (χ2n) is 7.09. The third-order valence-corrected chi connectivity index (χ3v) is 7.23. The lowest BCUT2D eigenvalue weighted by Gasteiger charge is -2.31. The van der Waals surface area contributed by atoms with E-state index in [1.165, 1.54) is 4.31 Å². The van der Waals surface area contributed by atoms with Gasteiger partial charge in [0.2, 0.25) is 15.9 Å². The third kappa shape index (κ3) is 3.83. The first-order chi connectivity index (χ1) is 13.3. The zero-order valence-electron chi connectivity index (χ0n) is 16.8. The van der Waals surface area contributed by atoms with Crippen molar-refractivity contribution in [3.63, 3.8) is 0 Å². The van der Waals surface area contributed by atoms with Crippen molar-refractivity contribution in [3.8, 4) is 0 Å². The van der Waals surface area contributed by atoms with E-state index in [4.69, 9.17) is 0 Å². The Kier molecular flexibility index (Phi) is 5.90. The molecule has 1 atom stereocenters. The minimum atomic E-state index is -3.68. The number of anilines is 1. The van der Waals surface area contributed by atoms with Crippen molar-refractivity contribution in [1.82, 2.24) is 23.9 Å². The normalized spacial score (nSPS) is 18.4. The van der Waals surface area contributed by atoms with Crippen molar-refractivity contribution in [3.05, 3.63) is 23.8 Å². The minimum absolute atomic E-state index is 0.167. The van der Waals surface area contributed by atoms with E-state index in [1.807, 2.05) is 20.8 Å². The molecule has 28 heavy (non-hydrogen) atoms. The molecule has 10 heteroatoms. The van der Waals surface area contributed by atoms with Crippen LogP contribution in [0.4, 0.5) is 5.69 Å². The van der Waals surface area contributed by atoms with Crippen LogP contribution in [-0.2, 0) is 27.9 Å². The van der Waals surface area contributed by atoms with Gasteiger partial charge in [0.05, 0.1) is 29.2 Å². The summed E-state index contributed by atoms with van der Waals surface area (Å²) in [6.45, 7) is 9.40. The topological polar surface area (TPSA) is 102 Å². The molecule has 1 N–H and O–H groups in total. The highest BCUT2D eigenvalue weighted by molar-refractivity contribution is 7.89. The van der Waals surface area contributed by atoms with E-state index >= 15 is 0 Å². The molecule has 154 valence electrons. The van der Waals surface area contributed by atoms with Gasteiger partial charge < -0.3 is 5.32 Å². The summed E-state index contributed by atoms with van der Waals surface area (Å²) in [5.41, 5.74) is 2.04. The third-order valence-electron chi connectivity index (χ3n) is 5.26. The number of piperidine rings is 1. The smallest absolute Gasteiger partial charge is 0.246 e. The SMILES string of the molecule is CCn1cc(S(=O)(=O)N2CCC[C@@H](C(=O)Nc3cnn(CC)c3C)C2)c(C)n1. The quantitative estimate of drug-likeness (QED) is 0.785. The largest absolute Gasteiger partial charge is 0.323 e. The first-order valence-corrected chi connectivity index (χ1v) is 11.1. The lowest BCUT2D eigenvalue weighted by Crippen LogP contribution is -2.43. The van der Waals surface area contributed by atoms with Crippen molar-refractivity contribution in [2.45, 2.75) is 58.5 Å². The van der Waals surface area contributed by atoms with Gasteiger partial charge in [-0.2, -0.15) is 14.5 Å². The predicted molar refractivity (Wildman–Crippen MR) is 105 cm³/mol. The van der Waals surface area contributed by atoms with E-state index in [0.29, 0.717) is 37.3 Å². The lowest BCUT2D eigenvalue weighted by molar-refractivity contribution is -0.120. The van der Waals surface area contributed by atoms with Crippen molar-refractivity contribution >= 4 is 21.6 Å². The Hall–Kier alpha value is -2.20. The van der Waals surface area contributed by atoms with E-state index in [-0.39, 0.29) is 17.3 Å². The molecule has 3 heterocycles. The van der Waals surface area contributed by atoms with Gasteiger partial charge >= 0.3 is 0 Å². The summed E-state index contributed by atoms with van der Waals surface area (Å²) < 4.78 is 31.0. The molecule has 1 aliphatic rings. The number of amides is 1. The molecular formula is C18H28N6O3S. The molecule has 0 radical (unpaired) electrons. The maximum Gasteiger partial charge on any atom is 0.246 e. The van der Waals surface area contributed by atoms with Crippen LogP contribution < -0.4 is 5.32 Å². The van der Waals surface area contributed by atoms with E-state index in [2.05, 4.69) is 15.5 Å². The number of sulfonamides is 1. The number of aromatic nitrogens is 4. The molecule has 0 saturated carbocycles. The summed E-state index contributed by atoms with van der Waals surface area (Å²) in [5.74, 6) is -0.561. The van der Waals surface area contributed by atoms with Crippen molar-refractivity contribution < 1.29 is 13.2 Å². The zero-order valence-corrected chi connectivity index (χ0v) is 17.7. The zero-order chi connectivity index (χ0) is 20.5. The van der Waals surface area contributed by atoms with Gasteiger partial charge in [-0.15, -0.1) is 0 Å².